The summed E-state index contributed by atoms with van der Waals surface area (Å²) in [5.41, 5.74) is 4.16. The SMILES string of the molecule is Cc1ccc(-c2nc(C)c(C(=O)N(Cc3ccco3)Cc3ccco3)s2)c(C)c1. The maximum atomic E-state index is 13.4. The molecule has 1 aromatic carbocycles. The molecular weight excluding hydrogens is 384 g/mol. The Morgan fingerprint density at radius 3 is 2.21 bits per heavy atom. The minimum absolute atomic E-state index is 0.0798. The van der Waals surface area contributed by atoms with Gasteiger partial charge in [0, 0.05) is 5.56 Å². The monoisotopic (exact) mass is 406 g/mol. The summed E-state index contributed by atoms with van der Waals surface area (Å²) in [6.07, 6.45) is 3.22. The van der Waals surface area contributed by atoms with E-state index in [2.05, 4.69) is 32.0 Å². The van der Waals surface area contributed by atoms with Crippen molar-refractivity contribution in [3.05, 3.63) is 88.2 Å². The molecule has 0 N–H and O–H groups in total. The Hall–Kier alpha value is -3.12. The van der Waals surface area contributed by atoms with Crippen molar-refractivity contribution in [3.63, 3.8) is 0 Å². The van der Waals surface area contributed by atoms with Crippen LogP contribution in [0.4, 0.5) is 0 Å². The van der Waals surface area contributed by atoms with Crippen molar-refractivity contribution < 1.29 is 13.6 Å². The molecule has 0 saturated carbocycles. The Labute approximate surface area is 173 Å². The predicted molar refractivity (Wildman–Crippen MR) is 113 cm³/mol. The molecule has 0 radical (unpaired) electrons. The molecule has 0 spiro atoms. The van der Waals surface area contributed by atoms with Crippen molar-refractivity contribution in [1.29, 1.82) is 0 Å². The van der Waals surface area contributed by atoms with Crippen LogP contribution in [-0.4, -0.2) is 15.8 Å². The average Bonchev–Trinajstić information content (AvgIpc) is 3.43. The number of nitrogens with zero attached hydrogens (tertiary/aromatic N) is 2. The number of carbonyl (C=O) groups is 1. The number of benzene rings is 1. The molecule has 1 amide bonds. The highest BCUT2D eigenvalue weighted by Crippen LogP contribution is 2.32. The maximum Gasteiger partial charge on any atom is 0.266 e. The van der Waals surface area contributed by atoms with E-state index in [9.17, 15) is 4.79 Å². The molecule has 5 nitrogen and oxygen atoms in total. The van der Waals surface area contributed by atoms with Gasteiger partial charge in [-0.15, -0.1) is 11.3 Å². The van der Waals surface area contributed by atoms with E-state index in [0.717, 1.165) is 33.3 Å². The molecule has 0 bridgehead atoms. The highest BCUT2D eigenvalue weighted by atomic mass is 32.1. The molecule has 0 aliphatic rings. The predicted octanol–water partition coefficient (Wildman–Crippen LogP) is 5.76. The van der Waals surface area contributed by atoms with Gasteiger partial charge in [-0.25, -0.2) is 4.98 Å². The number of rotatable bonds is 6. The zero-order valence-electron chi connectivity index (χ0n) is 16.6. The van der Waals surface area contributed by atoms with Gasteiger partial charge in [-0.1, -0.05) is 23.8 Å². The summed E-state index contributed by atoms with van der Waals surface area (Å²) in [5, 5.41) is 0.860. The van der Waals surface area contributed by atoms with Gasteiger partial charge in [-0.05, 0) is 50.6 Å². The molecule has 148 valence electrons. The molecule has 6 heteroatoms. The van der Waals surface area contributed by atoms with Crippen molar-refractivity contribution >= 4 is 17.2 Å². The minimum atomic E-state index is -0.0798. The number of hydrogen-bond acceptors (Lipinski definition) is 5. The lowest BCUT2D eigenvalue weighted by molar-refractivity contribution is 0.0709. The third-order valence-electron chi connectivity index (χ3n) is 4.74. The molecule has 0 saturated heterocycles. The second-order valence-electron chi connectivity index (χ2n) is 7.07. The molecule has 0 unspecified atom stereocenters. The number of aromatic nitrogens is 1. The van der Waals surface area contributed by atoms with Gasteiger partial charge in [0.1, 0.15) is 21.4 Å². The van der Waals surface area contributed by atoms with Gasteiger partial charge in [0.05, 0.1) is 31.3 Å². The van der Waals surface area contributed by atoms with Gasteiger partial charge >= 0.3 is 0 Å². The second-order valence-corrected chi connectivity index (χ2v) is 8.07. The van der Waals surface area contributed by atoms with Crippen molar-refractivity contribution in [2.24, 2.45) is 0 Å². The van der Waals surface area contributed by atoms with Crippen molar-refractivity contribution in [2.75, 3.05) is 0 Å². The van der Waals surface area contributed by atoms with Crippen LogP contribution in [0, 0.1) is 20.8 Å². The molecule has 0 fully saturated rings. The van der Waals surface area contributed by atoms with Crippen LogP contribution >= 0.6 is 11.3 Å². The number of amides is 1. The third kappa shape index (κ3) is 4.17. The van der Waals surface area contributed by atoms with Gasteiger partial charge in [0.2, 0.25) is 0 Å². The van der Waals surface area contributed by atoms with Gasteiger partial charge < -0.3 is 13.7 Å². The standard InChI is InChI=1S/C23H22N2O3S/c1-15-8-9-20(16(2)12-15)22-24-17(3)21(29-22)23(26)25(13-18-6-4-10-27-18)14-19-7-5-11-28-19/h4-12H,13-14H2,1-3H3. The Bertz CT molecular complexity index is 1080. The van der Waals surface area contributed by atoms with E-state index >= 15 is 0 Å². The number of thiazole rings is 1. The van der Waals surface area contributed by atoms with Crippen LogP contribution in [0.2, 0.25) is 0 Å². The highest BCUT2D eigenvalue weighted by Gasteiger charge is 2.24. The molecular formula is C23H22N2O3S. The van der Waals surface area contributed by atoms with E-state index in [1.165, 1.54) is 16.9 Å². The summed E-state index contributed by atoms with van der Waals surface area (Å²) in [6, 6.07) is 13.6. The lowest BCUT2D eigenvalue weighted by atomic mass is 10.1. The van der Waals surface area contributed by atoms with Crippen LogP contribution in [0.1, 0.15) is 38.0 Å². The fraction of sp³-hybridized carbons (Fsp3) is 0.217. The molecule has 4 aromatic rings. The molecule has 0 aliphatic carbocycles. The van der Waals surface area contributed by atoms with Crippen LogP contribution in [0.3, 0.4) is 0 Å². The number of hydrogen-bond donors (Lipinski definition) is 0. The summed E-state index contributed by atoms with van der Waals surface area (Å²) >= 11 is 1.43. The van der Waals surface area contributed by atoms with Crippen LogP contribution < -0.4 is 0 Å². The average molecular weight is 407 g/mol. The first-order valence-corrected chi connectivity index (χ1v) is 10.2. The van der Waals surface area contributed by atoms with E-state index in [-0.39, 0.29) is 5.91 Å². The minimum Gasteiger partial charge on any atom is -0.467 e. The number of aryl methyl sites for hydroxylation is 3. The van der Waals surface area contributed by atoms with Crippen molar-refractivity contribution in [3.8, 4) is 10.6 Å². The smallest absolute Gasteiger partial charge is 0.266 e. The largest absolute Gasteiger partial charge is 0.467 e. The first-order chi connectivity index (χ1) is 14.0. The molecule has 29 heavy (non-hydrogen) atoms. The Morgan fingerprint density at radius 1 is 1.00 bits per heavy atom. The highest BCUT2D eigenvalue weighted by molar-refractivity contribution is 7.17. The summed E-state index contributed by atoms with van der Waals surface area (Å²) in [6.45, 7) is 6.75. The normalized spacial score (nSPS) is 11.0. The summed E-state index contributed by atoms with van der Waals surface area (Å²) in [4.78, 5) is 20.5. The Kier molecular flexibility index (Phi) is 5.36. The first-order valence-electron chi connectivity index (χ1n) is 9.40. The molecule has 4 rings (SSSR count). The molecule has 3 heterocycles. The Balaban J connectivity index is 1.65. The number of furan rings is 2. The Morgan fingerprint density at radius 2 is 1.66 bits per heavy atom. The maximum absolute atomic E-state index is 13.4. The summed E-state index contributed by atoms with van der Waals surface area (Å²) in [7, 11) is 0. The van der Waals surface area contributed by atoms with E-state index in [1.54, 1.807) is 17.4 Å². The number of carbonyl (C=O) groups excluding carboxylic acids is 1. The second kappa shape index (κ2) is 8.09. The van der Waals surface area contributed by atoms with E-state index in [4.69, 9.17) is 13.8 Å². The van der Waals surface area contributed by atoms with Gasteiger partial charge in [0.15, 0.2) is 0 Å². The van der Waals surface area contributed by atoms with Crippen LogP contribution in [0.15, 0.2) is 63.8 Å². The van der Waals surface area contributed by atoms with Gasteiger partial charge in [-0.2, -0.15) is 0 Å². The lowest BCUT2D eigenvalue weighted by Gasteiger charge is -2.20. The first kappa shape index (κ1) is 19.2. The zero-order valence-corrected chi connectivity index (χ0v) is 17.5. The molecule has 0 atom stereocenters. The van der Waals surface area contributed by atoms with E-state index in [0.29, 0.717) is 18.0 Å². The van der Waals surface area contributed by atoms with Crippen molar-refractivity contribution in [1.82, 2.24) is 9.88 Å². The quantitative estimate of drug-likeness (QED) is 0.408. The molecule has 0 aliphatic heterocycles. The van der Waals surface area contributed by atoms with E-state index in [1.807, 2.05) is 31.2 Å². The fourth-order valence-electron chi connectivity index (χ4n) is 3.29. The van der Waals surface area contributed by atoms with Crippen LogP contribution in [0.25, 0.3) is 10.6 Å². The van der Waals surface area contributed by atoms with E-state index < -0.39 is 0 Å². The third-order valence-corrected chi connectivity index (χ3v) is 5.92. The summed E-state index contributed by atoms with van der Waals surface area (Å²) < 4.78 is 10.9. The topological polar surface area (TPSA) is 59.5 Å². The fourth-order valence-corrected chi connectivity index (χ4v) is 4.41. The lowest BCUT2D eigenvalue weighted by Crippen LogP contribution is -2.29. The molecule has 3 aromatic heterocycles. The van der Waals surface area contributed by atoms with Gasteiger partial charge in [-0.3, -0.25) is 4.79 Å². The van der Waals surface area contributed by atoms with Gasteiger partial charge in [0.25, 0.3) is 5.91 Å². The van der Waals surface area contributed by atoms with Crippen LogP contribution in [-0.2, 0) is 13.1 Å². The zero-order chi connectivity index (χ0) is 20.4. The van der Waals surface area contributed by atoms with Crippen molar-refractivity contribution in [2.45, 2.75) is 33.9 Å². The van der Waals surface area contributed by atoms with Crippen LogP contribution in [0.5, 0.6) is 0 Å². The summed E-state index contributed by atoms with van der Waals surface area (Å²) in [5.74, 6) is 1.37.